The molecule has 0 aliphatic rings. The van der Waals surface area contributed by atoms with Crippen molar-refractivity contribution in [3.8, 4) is 5.75 Å². The van der Waals surface area contributed by atoms with Gasteiger partial charge in [0.15, 0.2) is 0 Å². The molecule has 0 radical (unpaired) electrons. The Morgan fingerprint density at radius 2 is 2.05 bits per heavy atom. The summed E-state index contributed by atoms with van der Waals surface area (Å²) in [6.07, 6.45) is 3.48. The summed E-state index contributed by atoms with van der Waals surface area (Å²) < 4.78 is 10.3. The smallest absolute Gasteiger partial charge is 0.333 e. The zero-order chi connectivity index (χ0) is 14.6. The molecule has 110 valence electrons. The van der Waals surface area contributed by atoms with Gasteiger partial charge in [-0.2, -0.15) is 0 Å². The van der Waals surface area contributed by atoms with Crippen LogP contribution in [0.4, 0.5) is 0 Å². The van der Waals surface area contributed by atoms with E-state index in [2.05, 4.69) is 5.32 Å². The van der Waals surface area contributed by atoms with Gasteiger partial charge in [-0.15, -0.1) is 0 Å². The molecule has 0 unspecified atom stereocenters. The van der Waals surface area contributed by atoms with Crippen LogP contribution >= 0.6 is 0 Å². The lowest BCUT2D eigenvalue weighted by atomic mass is 10.2. The molecule has 0 aliphatic heterocycles. The Kier molecular flexibility index (Phi) is 8.15. The maximum Gasteiger partial charge on any atom is 0.333 e. The van der Waals surface area contributed by atoms with Crippen LogP contribution in [0.2, 0.25) is 0 Å². The van der Waals surface area contributed by atoms with Gasteiger partial charge in [-0.05, 0) is 31.5 Å². The predicted octanol–water partition coefficient (Wildman–Crippen LogP) is 2.55. The summed E-state index contributed by atoms with van der Waals surface area (Å²) in [5, 5.41) is 3.25. The average Bonchev–Trinajstić information content (AvgIpc) is 2.50. The molecule has 1 aromatic rings. The minimum atomic E-state index is -0.248. The molecular formula is C16H23NO3. The number of nitrogens with one attached hydrogen (secondary N) is 1. The lowest BCUT2D eigenvalue weighted by molar-refractivity contribution is -0.136. The van der Waals surface area contributed by atoms with Gasteiger partial charge >= 0.3 is 5.97 Å². The first-order valence-electron chi connectivity index (χ1n) is 6.93. The van der Waals surface area contributed by atoms with Gasteiger partial charge in [0.1, 0.15) is 5.75 Å². The topological polar surface area (TPSA) is 47.6 Å². The molecule has 0 saturated heterocycles. The van der Waals surface area contributed by atoms with Crippen molar-refractivity contribution in [3.05, 3.63) is 42.0 Å². The first-order valence-corrected chi connectivity index (χ1v) is 6.93. The molecule has 0 spiro atoms. The van der Waals surface area contributed by atoms with Crippen molar-refractivity contribution < 1.29 is 14.3 Å². The number of benzene rings is 1. The highest BCUT2D eigenvalue weighted by molar-refractivity contribution is 5.88. The third-order valence-electron chi connectivity index (χ3n) is 2.83. The van der Waals surface area contributed by atoms with Crippen LogP contribution in [0.25, 0.3) is 0 Å². The molecule has 4 nitrogen and oxygen atoms in total. The summed E-state index contributed by atoms with van der Waals surface area (Å²) in [6, 6.07) is 9.77. The van der Waals surface area contributed by atoms with Gasteiger partial charge in [-0.25, -0.2) is 4.79 Å². The Morgan fingerprint density at radius 1 is 1.30 bits per heavy atom. The third kappa shape index (κ3) is 6.38. The number of ether oxygens (including phenoxy) is 2. The zero-order valence-electron chi connectivity index (χ0n) is 12.2. The first-order chi connectivity index (χ1) is 9.77. The number of hydrogen-bond donors (Lipinski definition) is 1. The molecule has 0 aromatic heterocycles. The van der Waals surface area contributed by atoms with Crippen molar-refractivity contribution >= 4 is 5.97 Å². The standard InChI is InChI=1S/C16H23NO3/c1-3-14(16(18)19-2)10-12-17-11-7-13-20-15-8-5-4-6-9-15/h4-6,8-10,17H,3,7,11-13H2,1-2H3/b14-10-. The maximum atomic E-state index is 11.3. The fourth-order valence-electron chi connectivity index (χ4n) is 1.70. The van der Waals surface area contributed by atoms with E-state index in [9.17, 15) is 4.79 Å². The Hall–Kier alpha value is -1.81. The molecule has 4 heteroatoms. The maximum absolute atomic E-state index is 11.3. The molecule has 0 saturated carbocycles. The highest BCUT2D eigenvalue weighted by Crippen LogP contribution is 2.08. The molecule has 1 N–H and O–H groups in total. The number of esters is 1. The van der Waals surface area contributed by atoms with E-state index in [-0.39, 0.29) is 5.97 Å². The normalized spacial score (nSPS) is 11.2. The molecule has 0 heterocycles. The lowest BCUT2D eigenvalue weighted by Crippen LogP contribution is -2.18. The van der Waals surface area contributed by atoms with E-state index < -0.39 is 0 Å². The Bertz CT molecular complexity index is 415. The van der Waals surface area contributed by atoms with E-state index >= 15 is 0 Å². The molecule has 1 aromatic carbocycles. The van der Waals surface area contributed by atoms with Crippen molar-refractivity contribution in [1.29, 1.82) is 0 Å². The third-order valence-corrected chi connectivity index (χ3v) is 2.83. The SMILES string of the molecule is CC/C(=C/CNCCCOc1ccccc1)C(=O)OC. The number of rotatable bonds is 9. The first kappa shape index (κ1) is 16.2. The van der Waals surface area contributed by atoms with Crippen molar-refractivity contribution in [1.82, 2.24) is 5.32 Å². The minimum Gasteiger partial charge on any atom is -0.494 e. The second-order valence-corrected chi connectivity index (χ2v) is 4.29. The summed E-state index contributed by atoms with van der Waals surface area (Å²) >= 11 is 0. The Labute approximate surface area is 120 Å². The fraction of sp³-hybridized carbons (Fsp3) is 0.438. The number of hydrogen-bond acceptors (Lipinski definition) is 4. The highest BCUT2D eigenvalue weighted by atomic mass is 16.5. The largest absolute Gasteiger partial charge is 0.494 e. The van der Waals surface area contributed by atoms with E-state index in [1.165, 1.54) is 7.11 Å². The number of methoxy groups -OCH3 is 1. The summed E-state index contributed by atoms with van der Waals surface area (Å²) in [5.74, 6) is 0.646. The van der Waals surface area contributed by atoms with Gasteiger partial charge in [-0.1, -0.05) is 31.2 Å². The average molecular weight is 277 g/mol. The number of carbonyl (C=O) groups is 1. The van der Waals surface area contributed by atoms with E-state index in [1.54, 1.807) is 0 Å². The second kappa shape index (κ2) is 10.0. The monoisotopic (exact) mass is 277 g/mol. The summed E-state index contributed by atoms with van der Waals surface area (Å²) in [4.78, 5) is 11.3. The summed E-state index contributed by atoms with van der Waals surface area (Å²) in [6.45, 7) is 4.14. The van der Waals surface area contributed by atoms with Crippen LogP contribution in [0.1, 0.15) is 19.8 Å². The summed E-state index contributed by atoms with van der Waals surface area (Å²) in [7, 11) is 1.40. The Balaban J connectivity index is 2.10. The molecular weight excluding hydrogens is 254 g/mol. The van der Waals surface area contributed by atoms with Crippen molar-refractivity contribution in [2.45, 2.75) is 19.8 Å². The van der Waals surface area contributed by atoms with Gasteiger partial charge in [0, 0.05) is 12.1 Å². The van der Waals surface area contributed by atoms with Crippen LogP contribution in [0.5, 0.6) is 5.75 Å². The zero-order valence-corrected chi connectivity index (χ0v) is 12.2. The highest BCUT2D eigenvalue weighted by Gasteiger charge is 2.05. The fourth-order valence-corrected chi connectivity index (χ4v) is 1.70. The molecule has 20 heavy (non-hydrogen) atoms. The van der Waals surface area contributed by atoms with Gasteiger partial charge in [-0.3, -0.25) is 0 Å². The molecule has 0 atom stereocenters. The quantitative estimate of drug-likeness (QED) is 0.428. The van der Waals surface area contributed by atoms with Gasteiger partial charge < -0.3 is 14.8 Å². The van der Waals surface area contributed by atoms with Crippen LogP contribution in [0.3, 0.4) is 0 Å². The molecule has 0 aliphatic carbocycles. The predicted molar refractivity (Wildman–Crippen MR) is 79.8 cm³/mol. The van der Waals surface area contributed by atoms with Gasteiger partial charge in [0.05, 0.1) is 13.7 Å². The molecule has 0 bridgehead atoms. The van der Waals surface area contributed by atoms with Gasteiger partial charge in [0.25, 0.3) is 0 Å². The van der Waals surface area contributed by atoms with E-state index in [0.29, 0.717) is 25.1 Å². The molecule has 1 rings (SSSR count). The number of para-hydroxylation sites is 1. The number of carbonyl (C=O) groups excluding carboxylic acids is 1. The van der Waals surface area contributed by atoms with Crippen LogP contribution in [-0.4, -0.2) is 32.8 Å². The van der Waals surface area contributed by atoms with Crippen LogP contribution in [-0.2, 0) is 9.53 Å². The van der Waals surface area contributed by atoms with Crippen LogP contribution < -0.4 is 10.1 Å². The van der Waals surface area contributed by atoms with Crippen molar-refractivity contribution in [2.75, 3.05) is 26.8 Å². The van der Waals surface area contributed by atoms with Gasteiger partial charge in [0.2, 0.25) is 0 Å². The Morgan fingerprint density at radius 3 is 2.70 bits per heavy atom. The molecule has 0 fully saturated rings. The van der Waals surface area contributed by atoms with Crippen molar-refractivity contribution in [2.24, 2.45) is 0 Å². The summed E-state index contributed by atoms with van der Waals surface area (Å²) in [5.41, 5.74) is 0.709. The van der Waals surface area contributed by atoms with E-state index in [4.69, 9.17) is 9.47 Å². The van der Waals surface area contributed by atoms with Crippen molar-refractivity contribution in [3.63, 3.8) is 0 Å². The van der Waals surface area contributed by atoms with Crippen LogP contribution in [0, 0.1) is 0 Å². The van der Waals surface area contributed by atoms with E-state index in [0.717, 1.165) is 18.7 Å². The molecule has 0 amide bonds. The second-order valence-electron chi connectivity index (χ2n) is 4.29. The minimum absolute atomic E-state index is 0.248. The van der Waals surface area contributed by atoms with Crippen LogP contribution in [0.15, 0.2) is 42.0 Å². The van der Waals surface area contributed by atoms with E-state index in [1.807, 2.05) is 43.3 Å². The lowest BCUT2D eigenvalue weighted by Gasteiger charge is -2.06.